The minimum absolute atomic E-state index is 0.646. The van der Waals surface area contributed by atoms with Crippen LogP contribution in [-0.2, 0) is 0 Å². The number of rotatable bonds is 1. The third-order valence-electron chi connectivity index (χ3n) is 2.97. The van der Waals surface area contributed by atoms with Crippen molar-refractivity contribution in [2.75, 3.05) is 13.1 Å². The third kappa shape index (κ3) is 2.82. The van der Waals surface area contributed by atoms with Crippen LogP contribution in [0.3, 0.4) is 0 Å². The van der Waals surface area contributed by atoms with Crippen molar-refractivity contribution in [3.05, 3.63) is 23.0 Å². The average Bonchev–Trinajstić information content (AvgIpc) is 2.81. The molecule has 0 bridgehead atoms. The number of hydrogen-bond donors (Lipinski definition) is 0. The summed E-state index contributed by atoms with van der Waals surface area (Å²) in [6.45, 7) is 5.89. The van der Waals surface area contributed by atoms with Crippen molar-refractivity contribution < 1.29 is 0 Å². The molecule has 2 rings (SSSR count). The van der Waals surface area contributed by atoms with Crippen molar-refractivity contribution in [2.45, 2.75) is 31.6 Å². The molecule has 0 atom stereocenters. The van der Waals surface area contributed by atoms with E-state index in [2.05, 4.69) is 16.0 Å². The molecule has 0 spiro atoms. The first-order chi connectivity index (χ1) is 8.61. The second kappa shape index (κ2) is 5.68. The number of aromatic nitrogens is 1. The van der Waals surface area contributed by atoms with Crippen LogP contribution >= 0.6 is 24.0 Å². The molecule has 94 valence electrons. The van der Waals surface area contributed by atoms with Crippen LogP contribution in [0.25, 0.3) is 0 Å². The second-order valence-electron chi connectivity index (χ2n) is 4.40. The summed E-state index contributed by atoms with van der Waals surface area (Å²) in [5, 5.41) is 9.21. The zero-order valence-electron chi connectivity index (χ0n) is 10.6. The fourth-order valence-corrected chi connectivity index (χ4v) is 3.54. The molecule has 0 unspecified atom stereocenters. The van der Waals surface area contributed by atoms with Crippen LogP contribution in [0.1, 0.15) is 29.8 Å². The van der Waals surface area contributed by atoms with Gasteiger partial charge in [0.15, 0.2) is 0 Å². The van der Waals surface area contributed by atoms with E-state index in [1.54, 1.807) is 0 Å². The molecule has 0 saturated carbocycles. The molecule has 0 radical (unpaired) electrons. The average molecular weight is 277 g/mol. The van der Waals surface area contributed by atoms with E-state index in [-0.39, 0.29) is 0 Å². The van der Waals surface area contributed by atoms with Crippen LogP contribution < -0.4 is 0 Å². The standard InChI is InChI=1S/C13H15N3S2/c1-9-7-12(11(8-14)10(2)15-9)18-13(17)16-5-3-4-6-16/h7H,3-6H2,1-2H3. The van der Waals surface area contributed by atoms with Crippen LogP contribution in [0.4, 0.5) is 0 Å². The summed E-state index contributed by atoms with van der Waals surface area (Å²) in [4.78, 5) is 7.46. The SMILES string of the molecule is Cc1cc(SC(=S)N2CCCC2)c(C#N)c(C)n1. The van der Waals surface area contributed by atoms with Crippen molar-refractivity contribution in [1.82, 2.24) is 9.88 Å². The van der Waals surface area contributed by atoms with E-state index in [0.29, 0.717) is 5.56 Å². The second-order valence-corrected chi connectivity index (χ2v) is 6.07. The molecule has 0 amide bonds. The summed E-state index contributed by atoms with van der Waals surface area (Å²) >= 11 is 6.96. The Balaban J connectivity index is 2.23. The highest BCUT2D eigenvalue weighted by atomic mass is 32.2. The molecule has 1 fully saturated rings. The first kappa shape index (κ1) is 13.3. The molecular formula is C13H15N3S2. The van der Waals surface area contributed by atoms with Crippen LogP contribution in [-0.4, -0.2) is 27.3 Å². The lowest BCUT2D eigenvalue weighted by molar-refractivity contribution is 0.539. The van der Waals surface area contributed by atoms with Crippen molar-refractivity contribution in [2.24, 2.45) is 0 Å². The van der Waals surface area contributed by atoms with E-state index in [4.69, 9.17) is 12.2 Å². The Hall–Kier alpha value is -1.12. The Labute approximate surface area is 117 Å². The summed E-state index contributed by atoms with van der Waals surface area (Å²) in [5.74, 6) is 0. The van der Waals surface area contributed by atoms with Gasteiger partial charge in [-0.3, -0.25) is 4.98 Å². The molecular weight excluding hydrogens is 262 g/mol. The summed E-state index contributed by atoms with van der Waals surface area (Å²) in [7, 11) is 0. The number of likely N-dealkylation sites (tertiary alicyclic amines) is 1. The van der Waals surface area contributed by atoms with Gasteiger partial charge in [-0.05, 0) is 32.8 Å². The van der Waals surface area contributed by atoms with Crippen molar-refractivity contribution >= 4 is 28.3 Å². The highest BCUT2D eigenvalue weighted by Gasteiger charge is 2.18. The molecule has 1 aromatic heterocycles. The van der Waals surface area contributed by atoms with E-state index in [1.807, 2.05) is 19.9 Å². The highest BCUT2D eigenvalue weighted by Crippen LogP contribution is 2.28. The summed E-state index contributed by atoms with van der Waals surface area (Å²) in [5.41, 5.74) is 2.36. The third-order valence-corrected chi connectivity index (χ3v) is 4.45. The van der Waals surface area contributed by atoms with Gasteiger partial charge in [-0.2, -0.15) is 5.26 Å². The van der Waals surface area contributed by atoms with Gasteiger partial charge in [-0.25, -0.2) is 0 Å². The highest BCUT2D eigenvalue weighted by molar-refractivity contribution is 8.23. The molecule has 5 heteroatoms. The molecule has 0 N–H and O–H groups in total. The van der Waals surface area contributed by atoms with Crippen molar-refractivity contribution in [3.63, 3.8) is 0 Å². The van der Waals surface area contributed by atoms with E-state index >= 15 is 0 Å². The molecule has 0 aliphatic carbocycles. The van der Waals surface area contributed by atoms with Gasteiger partial charge in [-0.15, -0.1) is 0 Å². The smallest absolute Gasteiger partial charge is 0.141 e. The number of thiocarbonyl (C=S) groups is 1. The number of thioether (sulfide) groups is 1. The molecule has 1 aromatic rings. The fourth-order valence-electron chi connectivity index (χ4n) is 2.07. The Kier molecular flexibility index (Phi) is 4.20. The Morgan fingerprint density at radius 3 is 2.72 bits per heavy atom. The predicted octanol–water partition coefficient (Wildman–Crippen LogP) is 3.04. The van der Waals surface area contributed by atoms with Crippen LogP contribution in [0, 0.1) is 25.2 Å². The van der Waals surface area contributed by atoms with E-state index < -0.39 is 0 Å². The lowest BCUT2D eigenvalue weighted by Gasteiger charge is -2.18. The van der Waals surface area contributed by atoms with Gasteiger partial charge < -0.3 is 4.90 Å². The number of nitrogens with zero attached hydrogens (tertiary/aromatic N) is 3. The molecule has 0 aromatic carbocycles. The molecule has 1 aliphatic rings. The fraction of sp³-hybridized carbons (Fsp3) is 0.462. The first-order valence-corrected chi connectivity index (χ1v) is 7.19. The monoisotopic (exact) mass is 277 g/mol. The topological polar surface area (TPSA) is 39.9 Å². The number of hydrogen-bond acceptors (Lipinski definition) is 4. The van der Waals surface area contributed by atoms with Gasteiger partial charge in [0.1, 0.15) is 10.4 Å². The zero-order valence-corrected chi connectivity index (χ0v) is 12.2. The molecule has 1 saturated heterocycles. The first-order valence-electron chi connectivity index (χ1n) is 5.97. The zero-order chi connectivity index (χ0) is 13.1. The normalized spacial score (nSPS) is 14.6. The molecule has 3 nitrogen and oxygen atoms in total. The van der Waals surface area contributed by atoms with E-state index in [1.165, 1.54) is 24.6 Å². The minimum Gasteiger partial charge on any atom is -0.357 e. The summed E-state index contributed by atoms with van der Waals surface area (Å²) in [6.07, 6.45) is 2.42. The number of nitriles is 1. The van der Waals surface area contributed by atoms with E-state index in [0.717, 1.165) is 33.7 Å². The van der Waals surface area contributed by atoms with Crippen LogP contribution in [0.15, 0.2) is 11.0 Å². The summed E-state index contributed by atoms with van der Waals surface area (Å²) in [6, 6.07) is 4.17. The maximum absolute atomic E-state index is 9.21. The Morgan fingerprint density at radius 2 is 2.11 bits per heavy atom. The van der Waals surface area contributed by atoms with Gasteiger partial charge in [0, 0.05) is 23.7 Å². The summed E-state index contributed by atoms with van der Waals surface area (Å²) < 4.78 is 0.869. The van der Waals surface area contributed by atoms with E-state index in [9.17, 15) is 5.26 Å². The number of pyridine rings is 1. The molecule has 1 aliphatic heterocycles. The largest absolute Gasteiger partial charge is 0.357 e. The van der Waals surface area contributed by atoms with Gasteiger partial charge in [0.05, 0.1) is 11.3 Å². The maximum atomic E-state index is 9.21. The van der Waals surface area contributed by atoms with Gasteiger partial charge in [-0.1, -0.05) is 24.0 Å². The van der Waals surface area contributed by atoms with Gasteiger partial charge in [0.25, 0.3) is 0 Å². The Morgan fingerprint density at radius 1 is 1.44 bits per heavy atom. The van der Waals surface area contributed by atoms with Crippen molar-refractivity contribution in [1.29, 1.82) is 5.26 Å². The molecule has 18 heavy (non-hydrogen) atoms. The Bertz CT molecular complexity index is 514. The van der Waals surface area contributed by atoms with Crippen molar-refractivity contribution in [3.8, 4) is 6.07 Å². The van der Waals surface area contributed by atoms with Crippen LogP contribution in [0.5, 0.6) is 0 Å². The minimum atomic E-state index is 0.646. The molecule has 2 heterocycles. The predicted molar refractivity (Wildman–Crippen MR) is 77.7 cm³/mol. The van der Waals surface area contributed by atoms with Crippen LogP contribution in [0.2, 0.25) is 0 Å². The van der Waals surface area contributed by atoms with Gasteiger partial charge >= 0.3 is 0 Å². The lowest BCUT2D eigenvalue weighted by Crippen LogP contribution is -2.23. The van der Waals surface area contributed by atoms with Gasteiger partial charge in [0.2, 0.25) is 0 Å². The quantitative estimate of drug-likeness (QED) is 0.583. The number of aryl methyl sites for hydroxylation is 2. The maximum Gasteiger partial charge on any atom is 0.141 e. The lowest BCUT2D eigenvalue weighted by atomic mass is 10.2.